The molecule has 4 atom stereocenters. The van der Waals surface area contributed by atoms with E-state index in [9.17, 15) is 19.8 Å². The van der Waals surface area contributed by atoms with Crippen molar-refractivity contribution in [3.63, 3.8) is 0 Å². The molecule has 0 spiro atoms. The predicted molar refractivity (Wildman–Crippen MR) is 156 cm³/mol. The first-order valence-electron chi connectivity index (χ1n) is 13.6. The molecule has 13 nitrogen and oxygen atoms in total. The van der Waals surface area contributed by atoms with E-state index in [2.05, 4.69) is 30.6 Å². The molecule has 220 valence electrons. The van der Waals surface area contributed by atoms with Crippen LogP contribution in [0, 0.1) is 0 Å². The Morgan fingerprint density at radius 1 is 1.12 bits per heavy atom. The fourth-order valence-corrected chi connectivity index (χ4v) is 5.03. The summed E-state index contributed by atoms with van der Waals surface area (Å²) in [6.07, 6.45) is 3.14. The number of nitrogens with zero attached hydrogens (tertiary/aromatic N) is 4. The molecular weight excluding hydrogens is 554 g/mol. The van der Waals surface area contributed by atoms with Crippen molar-refractivity contribution in [2.75, 3.05) is 19.0 Å². The standard InChI is InChI=1S/C30H29N7O6/c1-42-19-7-8-21-20(13-19)18(14-32-21)11-12-31-23(38)10-9-22-25(39)26(40)30(43-22)37-16-35-24-27(33-15-34-28(24)37)36-29(41)17-5-3-2-4-6-17/h2-10,13-16,22,25-26,30,32,39-40H,11-12H2,1H3,(H,31,38)(H,33,34,36,41)/b10-9+/t22-,25-,26-,30-/m1/s1. The van der Waals surface area contributed by atoms with Gasteiger partial charge < -0.3 is 35.3 Å². The van der Waals surface area contributed by atoms with Crippen molar-refractivity contribution in [1.82, 2.24) is 29.8 Å². The molecule has 5 N–H and O–H groups in total. The second-order valence-electron chi connectivity index (χ2n) is 9.96. The van der Waals surface area contributed by atoms with Crippen LogP contribution in [0.5, 0.6) is 5.75 Å². The third-order valence-electron chi connectivity index (χ3n) is 7.28. The van der Waals surface area contributed by atoms with Crippen LogP contribution in [-0.2, 0) is 16.0 Å². The molecule has 0 radical (unpaired) electrons. The first-order valence-corrected chi connectivity index (χ1v) is 13.6. The van der Waals surface area contributed by atoms with Crippen molar-refractivity contribution in [2.24, 2.45) is 0 Å². The highest BCUT2D eigenvalue weighted by molar-refractivity contribution is 6.06. The number of H-pyrrole nitrogens is 1. The molecule has 3 aromatic heterocycles. The number of hydrogen-bond acceptors (Lipinski definition) is 9. The maximum absolute atomic E-state index is 12.6. The Balaban J connectivity index is 1.09. The van der Waals surface area contributed by atoms with Gasteiger partial charge in [-0.3, -0.25) is 14.2 Å². The van der Waals surface area contributed by atoms with E-state index < -0.39 is 24.5 Å². The third-order valence-corrected chi connectivity index (χ3v) is 7.28. The lowest BCUT2D eigenvalue weighted by Gasteiger charge is -2.16. The number of carbonyl (C=O) groups excluding carboxylic acids is 2. The van der Waals surface area contributed by atoms with Gasteiger partial charge in [0.25, 0.3) is 5.91 Å². The van der Waals surface area contributed by atoms with Crippen molar-refractivity contribution in [3.05, 3.63) is 90.7 Å². The SMILES string of the molecule is COc1ccc2[nH]cc(CCNC(=O)/C=C/[C@H]3O[C@@H](n4cnc5c(NC(=O)c6ccccc6)ncnc54)[C@H](O)[C@@H]3O)c2c1. The predicted octanol–water partition coefficient (Wildman–Crippen LogP) is 2.10. The van der Waals surface area contributed by atoms with Gasteiger partial charge in [0.15, 0.2) is 23.2 Å². The molecule has 1 aliphatic rings. The maximum Gasteiger partial charge on any atom is 0.256 e. The molecule has 4 heterocycles. The Labute approximate surface area is 245 Å². The highest BCUT2D eigenvalue weighted by Gasteiger charge is 2.43. The van der Waals surface area contributed by atoms with E-state index in [0.717, 1.165) is 22.2 Å². The maximum atomic E-state index is 12.6. The molecule has 1 saturated heterocycles. The van der Waals surface area contributed by atoms with E-state index in [0.29, 0.717) is 18.5 Å². The summed E-state index contributed by atoms with van der Waals surface area (Å²) < 4.78 is 12.7. The Morgan fingerprint density at radius 3 is 2.77 bits per heavy atom. The minimum absolute atomic E-state index is 0.186. The van der Waals surface area contributed by atoms with Crippen LogP contribution < -0.4 is 15.4 Å². The zero-order valence-corrected chi connectivity index (χ0v) is 23.0. The fourth-order valence-electron chi connectivity index (χ4n) is 5.03. The van der Waals surface area contributed by atoms with Gasteiger partial charge in [-0.2, -0.15) is 0 Å². The molecule has 0 bridgehead atoms. The van der Waals surface area contributed by atoms with Gasteiger partial charge in [0, 0.05) is 35.3 Å². The van der Waals surface area contributed by atoms with Crippen LogP contribution in [0.3, 0.4) is 0 Å². The molecule has 2 aromatic carbocycles. The normalized spacial score (nSPS) is 20.2. The lowest BCUT2D eigenvalue weighted by Crippen LogP contribution is -2.31. The lowest BCUT2D eigenvalue weighted by molar-refractivity contribution is -0.116. The van der Waals surface area contributed by atoms with Crippen LogP contribution in [-0.4, -0.2) is 78.5 Å². The molecule has 5 aromatic rings. The van der Waals surface area contributed by atoms with Crippen LogP contribution in [0.1, 0.15) is 22.1 Å². The number of aliphatic hydroxyl groups excluding tert-OH is 2. The lowest BCUT2D eigenvalue weighted by atomic mass is 10.1. The van der Waals surface area contributed by atoms with Gasteiger partial charge >= 0.3 is 0 Å². The number of anilines is 1. The third kappa shape index (κ3) is 5.68. The van der Waals surface area contributed by atoms with Gasteiger partial charge in [-0.15, -0.1) is 0 Å². The number of aromatic amines is 1. The summed E-state index contributed by atoms with van der Waals surface area (Å²) in [4.78, 5) is 41.0. The smallest absolute Gasteiger partial charge is 0.256 e. The van der Waals surface area contributed by atoms with Crippen LogP contribution in [0.4, 0.5) is 5.82 Å². The van der Waals surface area contributed by atoms with Crippen molar-refractivity contribution in [2.45, 2.75) is 31.0 Å². The first kappa shape index (κ1) is 28.0. The summed E-state index contributed by atoms with van der Waals surface area (Å²) in [7, 11) is 1.61. The topological polar surface area (TPSA) is 177 Å². The average Bonchev–Trinajstić information content (AvgIpc) is 3.72. The number of hydrogen-bond donors (Lipinski definition) is 5. The molecule has 0 unspecified atom stereocenters. The quantitative estimate of drug-likeness (QED) is 0.163. The van der Waals surface area contributed by atoms with E-state index in [1.165, 1.54) is 29.4 Å². The second-order valence-corrected chi connectivity index (χ2v) is 9.96. The molecule has 6 rings (SSSR count). The van der Waals surface area contributed by atoms with Crippen LogP contribution >= 0.6 is 0 Å². The molecular formula is C30H29N7O6. The van der Waals surface area contributed by atoms with Gasteiger partial charge in [0.05, 0.1) is 13.4 Å². The van der Waals surface area contributed by atoms with E-state index in [4.69, 9.17) is 9.47 Å². The number of aliphatic hydroxyl groups is 2. The molecule has 2 amide bonds. The summed E-state index contributed by atoms with van der Waals surface area (Å²) in [5.74, 6) is 0.200. The number of ether oxygens (including phenoxy) is 2. The summed E-state index contributed by atoms with van der Waals surface area (Å²) in [6.45, 7) is 0.385. The van der Waals surface area contributed by atoms with Gasteiger partial charge in [0.2, 0.25) is 5.91 Å². The number of aromatic nitrogens is 5. The fraction of sp³-hybridized carbons (Fsp3) is 0.233. The zero-order valence-electron chi connectivity index (χ0n) is 23.0. The largest absolute Gasteiger partial charge is 0.497 e. The van der Waals surface area contributed by atoms with Crippen molar-refractivity contribution < 1.29 is 29.3 Å². The van der Waals surface area contributed by atoms with E-state index >= 15 is 0 Å². The highest BCUT2D eigenvalue weighted by atomic mass is 16.6. The van der Waals surface area contributed by atoms with Crippen LogP contribution in [0.25, 0.3) is 22.1 Å². The van der Waals surface area contributed by atoms with Gasteiger partial charge in [-0.05, 0) is 48.4 Å². The Kier molecular flexibility index (Phi) is 7.83. The molecule has 0 aliphatic carbocycles. The number of carbonyl (C=O) groups is 2. The minimum Gasteiger partial charge on any atom is -0.497 e. The van der Waals surface area contributed by atoms with Crippen molar-refractivity contribution in [1.29, 1.82) is 0 Å². The number of rotatable bonds is 9. The average molecular weight is 584 g/mol. The van der Waals surface area contributed by atoms with E-state index in [1.807, 2.05) is 30.5 Å². The Hall–Kier alpha value is -5.11. The minimum atomic E-state index is -1.34. The van der Waals surface area contributed by atoms with E-state index in [-0.39, 0.29) is 28.8 Å². The van der Waals surface area contributed by atoms with Crippen LogP contribution in [0.2, 0.25) is 0 Å². The molecule has 1 fully saturated rings. The van der Waals surface area contributed by atoms with E-state index in [1.54, 1.807) is 31.4 Å². The number of imidazole rings is 1. The summed E-state index contributed by atoms with van der Waals surface area (Å²) in [5, 5.41) is 28.0. The Bertz CT molecular complexity index is 1800. The zero-order chi connectivity index (χ0) is 29.9. The molecule has 0 saturated carbocycles. The van der Waals surface area contributed by atoms with Gasteiger partial charge in [-0.1, -0.05) is 18.2 Å². The number of fused-ring (bicyclic) bond motifs is 2. The second kappa shape index (κ2) is 12.0. The summed E-state index contributed by atoms with van der Waals surface area (Å²) >= 11 is 0. The number of amides is 2. The van der Waals surface area contributed by atoms with Gasteiger partial charge in [-0.25, -0.2) is 15.0 Å². The Morgan fingerprint density at radius 2 is 1.95 bits per heavy atom. The summed E-state index contributed by atoms with van der Waals surface area (Å²) in [6, 6.07) is 14.4. The van der Waals surface area contributed by atoms with Crippen LogP contribution in [0.15, 0.2) is 79.5 Å². The first-order chi connectivity index (χ1) is 20.9. The molecule has 13 heteroatoms. The van der Waals surface area contributed by atoms with Gasteiger partial charge in [0.1, 0.15) is 30.4 Å². The monoisotopic (exact) mass is 583 g/mol. The highest BCUT2D eigenvalue weighted by Crippen LogP contribution is 2.33. The number of methoxy groups -OCH3 is 1. The van der Waals surface area contributed by atoms with Crippen molar-refractivity contribution in [3.8, 4) is 5.75 Å². The molecule has 43 heavy (non-hydrogen) atoms. The number of nitrogens with one attached hydrogen (secondary N) is 3. The molecule has 1 aliphatic heterocycles. The summed E-state index contributed by atoms with van der Waals surface area (Å²) in [5.41, 5.74) is 3.03. The van der Waals surface area contributed by atoms with Crippen molar-refractivity contribution >= 4 is 39.7 Å². The number of benzene rings is 2.